The molecule has 0 atom stereocenters. The Labute approximate surface area is 125 Å². The molecule has 1 fully saturated rings. The van der Waals surface area contributed by atoms with Gasteiger partial charge in [0.1, 0.15) is 12.4 Å². The van der Waals surface area contributed by atoms with E-state index in [4.69, 9.17) is 4.74 Å². The molecule has 0 spiro atoms. The van der Waals surface area contributed by atoms with Crippen LogP contribution in [-0.2, 0) is 11.4 Å². The molecule has 0 unspecified atom stereocenters. The smallest absolute Gasteiger partial charge is 0.227 e. The lowest BCUT2D eigenvalue weighted by atomic mass is 10.2. The van der Waals surface area contributed by atoms with Crippen molar-refractivity contribution in [1.82, 2.24) is 0 Å². The fourth-order valence-corrected chi connectivity index (χ4v) is 2.49. The Hall–Kier alpha value is -2.29. The Bertz CT molecular complexity index is 617. The van der Waals surface area contributed by atoms with E-state index < -0.39 is 0 Å². The van der Waals surface area contributed by atoms with Gasteiger partial charge in [0, 0.05) is 18.7 Å². The highest BCUT2D eigenvalue weighted by Gasteiger charge is 2.21. The van der Waals surface area contributed by atoms with Crippen LogP contribution in [0.2, 0.25) is 0 Å². The number of carbonyl (C=O) groups excluding carboxylic acids is 1. The first-order valence-electron chi connectivity index (χ1n) is 7.31. The minimum Gasteiger partial charge on any atom is -0.489 e. The minimum absolute atomic E-state index is 0.211. The van der Waals surface area contributed by atoms with Gasteiger partial charge in [0.05, 0.1) is 0 Å². The van der Waals surface area contributed by atoms with Crippen molar-refractivity contribution in [2.75, 3.05) is 11.4 Å². The van der Waals surface area contributed by atoms with Crippen molar-refractivity contribution in [2.24, 2.45) is 0 Å². The van der Waals surface area contributed by atoms with Gasteiger partial charge >= 0.3 is 0 Å². The first kappa shape index (κ1) is 13.7. The van der Waals surface area contributed by atoms with E-state index in [2.05, 4.69) is 31.2 Å². The lowest BCUT2D eigenvalue weighted by Crippen LogP contribution is -2.23. The molecular weight excluding hydrogens is 262 g/mol. The van der Waals surface area contributed by atoms with Gasteiger partial charge in [0.15, 0.2) is 0 Å². The van der Waals surface area contributed by atoms with Gasteiger partial charge in [-0.3, -0.25) is 4.79 Å². The summed E-state index contributed by atoms with van der Waals surface area (Å²) in [6, 6.07) is 16.1. The Morgan fingerprint density at radius 2 is 1.76 bits per heavy atom. The first-order valence-corrected chi connectivity index (χ1v) is 7.31. The predicted molar refractivity (Wildman–Crippen MR) is 83.5 cm³/mol. The standard InChI is InChI=1S/C18H19NO2/c1-14-4-6-15(7-5-14)13-21-17-10-8-16(9-11-17)19-12-2-3-18(19)20/h4-11H,2-3,12-13H2,1H3. The van der Waals surface area contributed by atoms with Gasteiger partial charge in [-0.2, -0.15) is 0 Å². The molecule has 3 rings (SSSR count). The second-order valence-corrected chi connectivity index (χ2v) is 5.42. The van der Waals surface area contributed by atoms with Crippen LogP contribution in [0.1, 0.15) is 24.0 Å². The summed E-state index contributed by atoms with van der Waals surface area (Å²) in [6.07, 6.45) is 1.61. The van der Waals surface area contributed by atoms with Crippen LogP contribution in [0.25, 0.3) is 0 Å². The van der Waals surface area contributed by atoms with Gasteiger partial charge in [-0.25, -0.2) is 0 Å². The molecule has 1 heterocycles. The Kier molecular flexibility index (Phi) is 3.91. The number of ether oxygens (including phenoxy) is 1. The van der Waals surface area contributed by atoms with Crippen LogP contribution in [0, 0.1) is 6.92 Å². The molecule has 2 aromatic rings. The maximum absolute atomic E-state index is 11.7. The molecule has 2 aromatic carbocycles. The zero-order chi connectivity index (χ0) is 14.7. The predicted octanol–water partition coefficient (Wildman–Crippen LogP) is 3.70. The molecule has 0 saturated carbocycles. The van der Waals surface area contributed by atoms with Gasteiger partial charge < -0.3 is 9.64 Å². The SMILES string of the molecule is Cc1ccc(COc2ccc(N3CCCC3=O)cc2)cc1. The number of rotatable bonds is 4. The summed E-state index contributed by atoms with van der Waals surface area (Å²) < 4.78 is 5.77. The quantitative estimate of drug-likeness (QED) is 0.855. The molecule has 0 aliphatic carbocycles. The van der Waals surface area contributed by atoms with Crippen molar-refractivity contribution in [1.29, 1.82) is 0 Å². The van der Waals surface area contributed by atoms with E-state index in [1.807, 2.05) is 29.2 Å². The molecular formula is C18H19NO2. The number of hydrogen-bond acceptors (Lipinski definition) is 2. The van der Waals surface area contributed by atoms with Gasteiger partial charge in [0.25, 0.3) is 0 Å². The third-order valence-corrected chi connectivity index (χ3v) is 3.75. The number of hydrogen-bond donors (Lipinski definition) is 0. The second kappa shape index (κ2) is 6.00. The summed E-state index contributed by atoms with van der Waals surface area (Å²) >= 11 is 0. The van der Waals surface area contributed by atoms with Crippen LogP contribution in [0.4, 0.5) is 5.69 Å². The Morgan fingerprint density at radius 3 is 2.38 bits per heavy atom. The van der Waals surface area contributed by atoms with Crippen molar-refractivity contribution >= 4 is 11.6 Å². The van der Waals surface area contributed by atoms with Crippen molar-refractivity contribution in [2.45, 2.75) is 26.4 Å². The zero-order valence-electron chi connectivity index (χ0n) is 12.2. The molecule has 1 aliphatic heterocycles. The van der Waals surface area contributed by atoms with Gasteiger partial charge in [-0.15, -0.1) is 0 Å². The van der Waals surface area contributed by atoms with E-state index in [0.29, 0.717) is 13.0 Å². The average molecular weight is 281 g/mol. The third-order valence-electron chi connectivity index (χ3n) is 3.75. The molecule has 1 amide bonds. The van der Waals surface area contributed by atoms with E-state index >= 15 is 0 Å². The summed E-state index contributed by atoms with van der Waals surface area (Å²) in [5, 5.41) is 0. The summed E-state index contributed by atoms with van der Waals surface area (Å²) in [6.45, 7) is 3.45. The van der Waals surface area contributed by atoms with Crippen molar-refractivity contribution in [3.8, 4) is 5.75 Å². The lowest BCUT2D eigenvalue weighted by molar-refractivity contribution is -0.117. The first-order chi connectivity index (χ1) is 10.2. The number of amides is 1. The summed E-state index contributed by atoms with van der Waals surface area (Å²) in [7, 11) is 0. The van der Waals surface area contributed by atoms with E-state index in [1.54, 1.807) is 0 Å². The highest BCUT2D eigenvalue weighted by molar-refractivity contribution is 5.95. The molecule has 3 heteroatoms. The molecule has 3 nitrogen and oxygen atoms in total. The minimum atomic E-state index is 0.211. The van der Waals surface area contributed by atoms with E-state index in [1.165, 1.54) is 5.56 Å². The molecule has 1 aliphatic rings. The monoisotopic (exact) mass is 281 g/mol. The van der Waals surface area contributed by atoms with Crippen LogP contribution < -0.4 is 9.64 Å². The van der Waals surface area contributed by atoms with Crippen molar-refractivity contribution in [3.63, 3.8) is 0 Å². The van der Waals surface area contributed by atoms with Crippen LogP contribution in [0.5, 0.6) is 5.75 Å². The van der Waals surface area contributed by atoms with Crippen LogP contribution in [-0.4, -0.2) is 12.5 Å². The Balaban J connectivity index is 1.62. The molecule has 1 saturated heterocycles. The molecule has 0 N–H and O–H groups in total. The zero-order valence-corrected chi connectivity index (χ0v) is 12.2. The number of benzene rings is 2. The summed E-state index contributed by atoms with van der Waals surface area (Å²) in [4.78, 5) is 13.5. The lowest BCUT2D eigenvalue weighted by Gasteiger charge is -2.16. The molecule has 0 aromatic heterocycles. The third kappa shape index (κ3) is 3.24. The molecule has 21 heavy (non-hydrogen) atoms. The second-order valence-electron chi connectivity index (χ2n) is 5.42. The van der Waals surface area contributed by atoms with Crippen LogP contribution >= 0.6 is 0 Å². The summed E-state index contributed by atoms with van der Waals surface area (Å²) in [5.74, 6) is 1.04. The molecule has 0 radical (unpaired) electrons. The number of carbonyl (C=O) groups is 1. The van der Waals surface area contributed by atoms with E-state index in [0.717, 1.165) is 30.0 Å². The van der Waals surface area contributed by atoms with Crippen molar-refractivity contribution in [3.05, 3.63) is 59.7 Å². The number of anilines is 1. The summed E-state index contributed by atoms with van der Waals surface area (Å²) in [5.41, 5.74) is 3.36. The number of aryl methyl sites for hydroxylation is 1. The van der Waals surface area contributed by atoms with E-state index in [9.17, 15) is 4.79 Å². The van der Waals surface area contributed by atoms with Crippen LogP contribution in [0.15, 0.2) is 48.5 Å². The van der Waals surface area contributed by atoms with Gasteiger partial charge in [0.2, 0.25) is 5.91 Å². The van der Waals surface area contributed by atoms with Crippen molar-refractivity contribution < 1.29 is 9.53 Å². The largest absolute Gasteiger partial charge is 0.489 e. The topological polar surface area (TPSA) is 29.5 Å². The molecule has 0 bridgehead atoms. The average Bonchev–Trinajstić information content (AvgIpc) is 2.93. The maximum atomic E-state index is 11.7. The number of nitrogens with zero attached hydrogens (tertiary/aromatic N) is 1. The highest BCUT2D eigenvalue weighted by atomic mass is 16.5. The van der Waals surface area contributed by atoms with Gasteiger partial charge in [-0.1, -0.05) is 29.8 Å². The normalized spacial score (nSPS) is 14.5. The van der Waals surface area contributed by atoms with Gasteiger partial charge in [-0.05, 0) is 43.2 Å². The Morgan fingerprint density at radius 1 is 1.05 bits per heavy atom. The van der Waals surface area contributed by atoms with Crippen LogP contribution in [0.3, 0.4) is 0 Å². The fourth-order valence-electron chi connectivity index (χ4n) is 2.49. The molecule has 108 valence electrons. The highest BCUT2D eigenvalue weighted by Crippen LogP contribution is 2.24. The van der Waals surface area contributed by atoms with E-state index in [-0.39, 0.29) is 5.91 Å². The maximum Gasteiger partial charge on any atom is 0.227 e. The fraction of sp³-hybridized carbons (Fsp3) is 0.278.